The summed E-state index contributed by atoms with van der Waals surface area (Å²) in [6.07, 6.45) is 4.09. The van der Waals surface area contributed by atoms with E-state index in [9.17, 15) is 5.11 Å². The molecule has 0 amide bonds. The summed E-state index contributed by atoms with van der Waals surface area (Å²) >= 11 is 3.56. The molecule has 1 saturated heterocycles. The summed E-state index contributed by atoms with van der Waals surface area (Å²) in [5.41, 5.74) is 2.71. The summed E-state index contributed by atoms with van der Waals surface area (Å²) in [6.45, 7) is 6.79. The van der Waals surface area contributed by atoms with Gasteiger partial charge in [0, 0.05) is 40.4 Å². The Morgan fingerprint density at radius 1 is 1.10 bits per heavy atom. The molecule has 3 N–H and O–H groups in total. The fourth-order valence-electron chi connectivity index (χ4n) is 4.71. The summed E-state index contributed by atoms with van der Waals surface area (Å²) in [5.74, 6) is 1.84. The molecular weight excluding hydrogens is 458 g/mol. The fraction of sp³-hybridized carbons (Fsp3) is 0.417. The third-order valence-electron chi connectivity index (χ3n) is 6.53. The van der Waals surface area contributed by atoms with Gasteiger partial charge in [-0.05, 0) is 69.2 Å². The highest BCUT2D eigenvalue weighted by Gasteiger charge is 2.40. The summed E-state index contributed by atoms with van der Waals surface area (Å²) in [5, 5.41) is 18.2. The van der Waals surface area contributed by atoms with E-state index in [4.69, 9.17) is 9.47 Å². The second-order valence-electron chi connectivity index (χ2n) is 8.81. The Kier molecular flexibility index (Phi) is 5.36. The van der Waals surface area contributed by atoms with Gasteiger partial charge >= 0.3 is 0 Å². The van der Waals surface area contributed by atoms with Crippen molar-refractivity contribution in [1.29, 1.82) is 0 Å². The number of nitrogens with zero attached hydrogens (tertiary/aromatic N) is 1. The first-order chi connectivity index (χ1) is 14.9. The van der Waals surface area contributed by atoms with Gasteiger partial charge in [-0.15, -0.1) is 0 Å². The summed E-state index contributed by atoms with van der Waals surface area (Å²) in [6, 6.07) is 12.1. The Labute approximate surface area is 191 Å². The quantitative estimate of drug-likeness (QED) is 0.600. The zero-order valence-corrected chi connectivity index (χ0v) is 19.4. The van der Waals surface area contributed by atoms with Crippen LogP contribution in [-0.2, 0) is 0 Å². The number of ether oxygens (including phenoxy) is 2. The molecule has 3 heterocycles. The molecular formula is C24H28BrN3O3. The van der Waals surface area contributed by atoms with E-state index in [-0.39, 0.29) is 18.5 Å². The molecule has 3 aliphatic heterocycles. The third kappa shape index (κ3) is 4.02. The Morgan fingerprint density at radius 2 is 1.87 bits per heavy atom. The summed E-state index contributed by atoms with van der Waals surface area (Å²) < 4.78 is 12.0. The smallest absolute Gasteiger partial charge is 0.231 e. The topological polar surface area (TPSA) is 66.0 Å². The SMILES string of the molecule is CC(C)N1CCC2(CC1)NC(c1ccc3c(c1)OCO3)=CC(c1cc(Br)ccc1O)N2. The highest BCUT2D eigenvalue weighted by atomic mass is 79.9. The van der Waals surface area contributed by atoms with Gasteiger partial charge in [0.2, 0.25) is 6.79 Å². The molecule has 2 aromatic rings. The zero-order chi connectivity index (χ0) is 21.6. The van der Waals surface area contributed by atoms with Crippen LogP contribution in [0.5, 0.6) is 17.2 Å². The number of benzene rings is 2. The van der Waals surface area contributed by atoms with Gasteiger partial charge in [-0.3, -0.25) is 5.32 Å². The Morgan fingerprint density at radius 3 is 2.65 bits per heavy atom. The van der Waals surface area contributed by atoms with Crippen molar-refractivity contribution in [1.82, 2.24) is 15.5 Å². The van der Waals surface area contributed by atoms with Crippen LogP contribution in [-0.4, -0.2) is 41.6 Å². The van der Waals surface area contributed by atoms with Crippen molar-refractivity contribution in [2.75, 3.05) is 19.9 Å². The molecule has 1 unspecified atom stereocenters. The van der Waals surface area contributed by atoms with E-state index in [1.165, 1.54) is 0 Å². The van der Waals surface area contributed by atoms with Crippen LogP contribution < -0.4 is 20.1 Å². The van der Waals surface area contributed by atoms with E-state index in [0.29, 0.717) is 11.8 Å². The van der Waals surface area contributed by atoms with Crippen LogP contribution in [0.1, 0.15) is 43.9 Å². The molecule has 3 aliphatic rings. The number of phenolic OH excluding ortho intramolecular Hbond substituents is 1. The first-order valence-electron chi connectivity index (χ1n) is 10.8. The maximum atomic E-state index is 10.6. The van der Waals surface area contributed by atoms with E-state index >= 15 is 0 Å². The number of phenols is 1. The van der Waals surface area contributed by atoms with Gasteiger partial charge < -0.3 is 24.8 Å². The van der Waals surface area contributed by atoms with Crippen molar-refractivity contribution in [3.63, 3.8) is 0 Å². The lowest BCUT2D eigenvalue weighted by atomic mass is 9.88. The number of fused-ring (bicyclic) bond motifs is 1. The Bertz CT molecular complexity index is 1020. The van der Waals surface area contributed by atoms with E-state index in [0.717, 1.165) is 58.7 Å². The number of nitrogens with one attached hydrogen (secondary N) is 2. The molecule has 5 rings (SSSR count). The van der Waals surface area contributed by atoms with Gasteiger partial charge in [-0.25, -0.2) is 0 Å². The summed E-state index contributed by atoms with van der Waals surface area (Å²) in [7, 11) is 0. The predicted molar refractivity (Wildman–Crippen MR) is 124 cm³/mol. The standard InChI is InChI=1S/C24H28BrN3O3/c1-15(2)28-9-7-24(8-10-28)26-19(16-3-6-22-23(11-16)31-14-30-22)13-20(27-24)18-12-17(25)4-5-21(18)29/h3-6,11-13,15,20,26-27,29H,7-10,14H2,1-2H3. The maximum absolute atomic E-state index is 10.6. The molecule has 1 atom stereocenters. The molecule has 6 nitrogen and oxygen atoms in total. The molecule has 1 spiro atoms. The van der Waals surface area contributed by atoms with Crippen LogP contribution >= 0.6 is 15.9 Å². The van der Waals surface area contributed by atoms with Gasteiger partial charge in [-0.2, -0.15) is 0 Å². The van der Waals surface area contributed by atoms with Crippen molar-refractivity contribution in [2.45, 2.75) is 44.4 Å². The number of aromatic hydroxyl groups is 1. The molecule has 0 bridgehead atoms. The first kappa shape index (κ1) is 20.7. The van der Waals surface area contributed by atoms with E-state index < -0.39 is 0 Å². The average Bonchev–Trinajstić information content (AvgIpc) is 3.23. The fourth-order valence-corrected chi connectivity index (χ4v) is 5.09. The van der Waals surface area contributed by atoms with Crippen LogP contribution in [0, 0.1) is 0 Å². The minimum atomic E-state index is -0.245. The summed E-state index contributed by atoms with van der Waals surface area (Å²) in [4.78, 5) is 2.51. The maximum Gasteiger partial charge on any atom is 0.231 e. The molecule has 0 saturated carbocycles. The van der Waals surface area contributed by atoms with Crippen LogP contribution in [0.4, 0.5) is 0 Å². The molecule has 164 valence electrons. The Hall–Kier alpha value is -2.22. The molecule has 0 aliphatic carbocycles. The molecule has 0 radical (unpaired) electrons. The Balaban J connectivity index is 1.52. The molecule has 2 aromatic carbocycles. The van der Waals surface area contributed by atoms with Crippen molar-refractivity contribution in [3.8, 4) is 17.2 Å². The largest absolute Gasteiger partial charge is 0.508 e. The third-order valence-corrected chi connectivity index (χ3v) is 7.02. The van der Waals surface area contributed by atoms with Gasteiger partial charge in [0.1, 0.15) is 5.75 Å². The van der Waals surface area contributed by atoms with Gasteiger partial charge in [0.15, 0.2) is 11.5 Å². The number of piperidine rings is 1. The first-order valence-corrected chi connectivity index (χ1v) is 11.6. The van der Waals surface area contributed by atoms with E-state index in [1.807, 2.05) is 24.3 Å². The van der Waals surface area contributed by atoms with Crippen LogP contribution in [0.25, 0.3) is 5.70 Å². The zero-order valence-electron chi connectivity index (χ0n) is 17.8. The second-order valence-corrected chi connectivity index (χ2v) is 9.73. The van der Waals surface area contributed by atoms with Crippen molar-refractivity contribution < 1.29 is 14.6 Å². The van der Waals surface area contributed by atoms with Crippen molar-refractivity contribution >= 4 is 21.6 Å². The van der Waals surface area contributed by atoms with E-state index in [1.54, 1.807) is 6.07 Å². The highest BCUT2D eigenvalue weighted by molar-refractivity contribution is 9.10. The minimum Gasteiger partial charge on any atom is -0.508 e. The van der Waals surface area contributed by atoms with Gasteiger partial charge in [-0.1, -0.05) is 15.9 Å². The normalized spacial score (nSPS) is 22.5. The number of halogens is 1. The van der Waals surface area contributed by atoms with Crippen molar-refractivity contribution in [3.05, 3.63) is 58.1 Å². The van der Waals surface area contributed by atoms with Crippen LogP contribution in [0.3, 0.4) is 0 Å². The minimum absolute atomic E-state index is 0.121. The number of hydrogen-bond acceptors (Lipinski definition) is 6. The van der Waals surface area contributed by atoms with Crippen LogP contribution in [0.2, 0.25) is 0 Å². The number of hydrogen-bond donors (Lipinski definition) is 3. The number of rotatable bonds is 3. The van der Waals surface area contributed by atoms with E-state index in [2.05, 4.69) is 57.5 Å². The van der Waals surface area contributed by atoms with Gasteiger partial charge in [0.25, 0.3) is 0 Å². The molecule has 31 heavy (non-hydrogen) atoms. The lowest BCUT2D eigenvalue weighted by molar-refractivity contribution is 0.0907. The molecule has 1 fully saturated rings. The molecule has 0 aromatic heterocycles. The second kappa shape index (κ2) is 8.04. The molecule has 7 heteroatoms. The van der Waals surface area contributed by atoms with Crippen molar-refractivity contribution in [2.24, 2.45) is 0 Å². The van der Waals surface area contributed by atoms with Crippen LogP contribution in [0.15, 0.2) is 46.9 Å². The lowest BCUT2D eigenvalue weighted by Gasteiger charge is -2.49. The average molecular weight is 486 g/mol. The monoisotopic (exact) mass is 485 g/mol. The lowest BCUT2D eigenvalue weighted by Crippen LogP contribution is -2.64. The van der Waals surface area contributed by atoms with Gasteiger partial charge in [0.05, 0.1) is 11.7 Å². The number of likely N-dealkylation sites (tertiary alicyclic amines) is 1. The predicted octanol–water partition coefficient (Wildman–Crippen LogP) is 4.36. The highest BCUT2D eigenvalue weighted by Crippen LogP contribution is 2.39.